The van der Waals surface area contributed by atoms with Crippen molar-refractivity contribution in [1.82, 2.24) is 0 Å². The highest BCUT2D eigenvalue weighted by Gasteiger charge is 2.11. The van der Waals surface area contributed by atoms with Gasteiger partial charge >= 0.3 is 0 Å². The van der Waals surface area contributed by atoms with Crippen LogP contribution in [0.5, 0.6) is 5.75 Å². The van der Waals surface area contributed by atoms with Crippen molar-refractivity contribution in [3.8, 4) is 5.75 Å². The molecule has 0 radical (unpaired) electrons. The van der Waals surface area contributed by atoms with E-state index in [9.17, 15) is 0 Å². The molecule has 1 aliphatic rings. The molecule has 98 valence electrons. The summed E-state index contributed by atoms with van der Waals surface area (Å²) in [6.45, 7) is 3.76. The molecule has 0 aliphatic carbocycles. The molecule has 3 rings (SSSR count). The third-order valence-corrected chi connectivity index (χ3v) is 4.30. The molecular weight excluding hydrogens is 302 g/mol. The Bertz CT molecular complexity index is 610. The molecule has 0 fully saturated rings. The van der Waals surface area contributed by atoms with Crippen LogP contribution in [0.15, 0.2) is 40.9 Å². The van der Waals surface area contributed by atoms with Gasteiger partial charge in [-0.25, -0.2) is 0 Å². The summed E-state index contributed by atoms with van der Waals surface area (Å²) in [5.74, 6) is 1.03. The van der Waals surface area contributed by atoms with Crippen molar-refractivity contribution in [2.24, 2.45) is 0 Å². The molecule has 0 amide bonds. The zero-order chi connectivity index (χ0) is 13.2. The van der Waals surface area contributed by atoms with Gasteiger partial charge in [0.1, 0.15) is 5.75 Å². The lowest BCUT2D eigenvalue weighted by molar-refractivity contribution is 0.357. The molecule has 0 aromatic heterocycles. The highest BCUT2D eigenvalue weighted by Crippen LogP contribution is 2.28. The molecule has 0 spiro atoms. The van der Waals surface area contributed by atoms with Crippen LogP contribution in [0.2, 0.25) is 0 Å². The molecule has 0 saturated carbocycles. The fourth-order valence-corrected chi connectivity index (χ4v) is 2.56. The summed E-state index contributed by atoms with van der Waals surface area (Å²) in [5.41, 5.74) is 5.01. The van der Waals surface area contributed by atoms with Crippen LogP contribution in [0.1, 0.15) is 16.7 Å². The molecule has 3 heteroatoms. The van der Waals surface area contributed by atoms with Gasteiger partial charge in [-0.05, 0) is 47.9 Å². The minimum atomic E-state index is 0.810. The predicted molar refractivity (Wildman–Crippen MR) is 81.8 cm³/mol. The molecule has 0 atom stereocenters. The summed E-state index contributed by atoms with van der Waals surface area (Å²) in [4.78, 5) is 0. The first kappa shape index (κ1) is 12.5. The summed E-state index contributed by atoms with van der Waals surface area (Å²) in [7, 11) is 0. The molecular formula is C16H16BrNO. The van der Waals surface area contributed by atoms with Gasteiger partial charge in [-0.3, -0.25) is 0 Å². The maximum Gasteiger partial charge on any atom is 0.122 e. The van der Waals surface area contributed by atoms with Crippen molar-refractivity contribution in [3.63, 3.8) is 0 Å². The summed E-state index contributed by atoms with van der Waals surface area (Å²) < 4.78 is 6.67. The maximum atomic E-state index is 5.51. The second-order valence-corrected chi connectivity index (χ2v) is 5.71. The number of fused-ring (bicyclic) bond motifs is 1. The Kier molecular flexibility index (Phi) is 3.47. The molecule has 0 bridgehead atoms. The van der Waals surface area contributed by atoms with Gasteiger partial charge < -0.3 is 10.1 Å². The van der Waals surface area contributed by atoms with E-state index in [0.29, 0.717) is 0 Å². The smallest absolute Gasteiger partial charge is 0.122 e. The number of rotatable bonds is 3. The molecule has 0 unspecified atom stereocenters. The SMILES string of the molecule is Cc1cc(CNc2ccc3c(c2)CCO3)ccc1Br. The van der Waals surface area contributed by atoms with E-state index in [-0.39, 0.29) is 0 Å². The van der Waals surface area contributed by atoms with Crippen molar-refractivity contribution in [2.45, 2.75) is 19.9 Å². The Balaban J connectivity index is 1.70. The number of nitrogens with one attached hydrogen (secondary N) is 1. The highest BCUT2D eigenvalue weighted by molar-refractivity contribution is 9.10. The summed E-state index contributed by atoms with van der Waals surface area (Å²) >= 11 is 3.52. The summed E-state index contributed by atoms with van der Waals surface area (Å²) in [6.07, 6.45) is 1.02. The largest absolute Gasteiger partial charge is 0.493 e. The van der Waals surface area contributed by atoms with E-state index < -0.39 is 0 Å². The minimum absolute atomic E-state index is 0.810. The van der Waals surface area contributed by atoms with Gasteiger partial charge in [0, 0.05) is 23.1 Å². The number of aryl methyl sites for hydroxylation is 1. The normalized spacial score (nSPS) is 12.9. The lowest BCUT2D eigenvalue weighted by Crippen LogP contribution is -2.00. The molecule has 2 aromatic carbocycles. The number of hydrogen-bond acceptors (Lipinski definition) is 2. The van der Waals surface area contributed by atoms with Crippen LogP contribution in [-0.4, -0.2) is 6.61 Å². The van der Waals surface area contributed by atoms with Gasteiger partial charge in [-0.2, -0.15) is 0 Å². The molecule has 0 saturated heterocycles. The van der Waals surface area contributed by atoms with Crippen LogP contribution in [-0.2, 0) is 13.0 Å². The number of ether oxygens (including phenoxy) is 1. The van der Waals surface area contributed by atoms with Gasteiger partial charge in [0.25, 0.3) is 0 Å². The van der Waals surface area contributed by atoms with Crippen LogP contribution in [0, 0.1) is 6.92 Å². The van der Waals surface area contributed by atoms with E-state index in [0.717, 1.165) is 35.5 Å². The first-order chi connectivity index (χ1) is 9.22. The Morgan fingerprint density at radius 3 is 2.95 bits per heavy atom. The minimum Gasteiger partial charge on any atom is -0.493 e. The average molecular weight is 318 g/mol. The number of anilines is 1. The Labute approximate surface area is 121 Å². The maximum absolute atomic E-state index is 5.51. The highest BCUT2D eigenvalue weighted by atomic mass is 79.9. The third-order valence-electron chi connectivity index (χ3n) is 3.41. The zero-order valence-corrected chi connectivity index (χ0v) is 12.5. The van der Waals surface area contributed by atoms with Crippen molar-refractivity contribution >= 4 is 21.6 Å². The number of benzene rings is 2. The van der Waals surface area contributed by atoms with Crippen molar-refractivity contribution < 1.29 is 4.74 Å². The molecule has 2 aromatic rings. The Morgan fingerprint density at radius 1 is 1.21 bits per heavy atom. The van der Waals surface area contributed by atoms with Crippen molar-refractivity contribution in [2.75, 3.05) is 11.9 Å². The Hall–Kier alpha value is -1.48. The van der Waals surface area contributed by atoms with Crippen LogP contribution < -0.4 is 10.1 Å². The first-order valence-corrected chi connectivity index (χ1v) is 7.26. The third kappa shape index (κ3) is 2.76. The van der Waals surface area contributed by atoms with Crippen LogP contribution >= 0.6 is 15.9 Å². The molecule has 1 aliphatic heterocycles. The van der Waals surface area contributed by atoms with Crippen molar-refractivity contribution in [1.29, 1.82) is 0 Å². The van der Waals surface area contributed by atoms with Crippen molar-refractivity contribution in [3.05, 3.63) is 57.6 Å². The standard InChI is InChI=1S/C16H16BrNO/c1-11-8-12(2-4-15(11)17)10-18-14-3-5-16-13(9-14)6-7-19-16/h2-5,8-9,18H,6-7,10H2,1H3. The predicted octanol–water partition coefficient (Wildman–Crippen LogP) is 4.30. The second-order valence-electron chi connectivity index (χ2n) is 4.86. The van der Waals surface area contributed by atoms with E-state index in [1.165, 1.54) is 16.7 Å². The van der Waals surface area contributed by atoms with E-state index in [2.05, 4.69) is 64.6 Å². The van der Waals surface area contributed by atoms with Crippen LogP contribution in [0.4, 0.5) is 5.69 Å². The Morgan fingerprint density at radius 2 is 2.11 bits per heavy atom. The van der Waals surface area contributed by atoms with Crippen LogP contribution in [0.25, 0.3) is 0 Å². The van der Waals surface area contributed by atoms with Gasteiger partial charge in [-0.15, -0.1) is 0 Å². The number of halogens is 1. The van der Waals surface area contributed by atoms with E-state index in [4.69, 9.17) is 4.74 Å². The van der Waals surface area contributed by atoms with Gasteiger partial charge in [0.15, 0.2) is 0 Å². The van der Waals surface area contributed by atoms with Gasteiger partial charge in [-0.1, -0.05) is 28.1 Å². The van der Waals surface area contributed by atoms with Crippen LogP contribution in [0.3, 0.4) is 0 Å². The average Bonchev–Trinajstić information content (AvgIpc) is 2.87. The van der Waals surface area contributed by atoms with E-state index >= 15 is 0 Å². The molecule has 1 N–H and O–H groups in total. The van der Waals surface area contributed by atoms with E-state index in [1.54, 1.807) is 0 Å². The summed E-state index contributed by atoms with van der Waals surface area (Å²) in [5, 5.41) is 3.47. The second kappa shape index (κ2) is 5.25. The fourth-order valence-electron chi connectivity index (χ4n) is 2.32. The van der Waals surface area contributed by atoms with Gasteiger partial charge in [0.05, 0.1) is 6.61 Å². The monoisotopic (exact) mass is 317 g/mol. The number of hydrogen-bond donors (Lipinski definition) is 1. The summed E-state index contributed by atoms with van der Waals surface area (Å²) in [6, 6.07) is 12.8. The molecule has 1 heterocycles. The molecule has 2 nitrogen and oxygen atoms in total. The lowest BCUT2D eigenvalue weighted by atomic mass is 10.1. The lowest BCUT2D eigenvalue weighted by Gasteiger charge is -2.09. The zero-order valence-electron chi connectivity index (χ0n) is 10.9. The fraction of sp³-hybridized carbons (Fsp3) is 0.250. The van der Waals surface area contributed by atoms with E-state index in [1.807, 2.05) is 0 Å². The topological polar surface area (TPSA) is 21.3 Å². The van der Waals surface area contributed by atoms with Gasteiger partial charge in [0.2, 0.25) is 0 Å². The quantitative estimate of drug-likeness (QED) is 0.911. The first-order valence-electron chi connectivity index (χ1n) is 6.47. The molecule has 19 heavy (non-hydrogen) atoms.